The summed E-state index contributed by atoms with van der Waals surface area (Å²) in [5.74, 6) is -3.65. The first-order chi connectivity index (χ1) is 8.18. The molecule has 0 radical (unpaired) electrons. The van der Waals surface area contributed by atoms with Gasteiger partial charge < -0.3 is 9.84 Å². The molecule has 0 aromatic heterocycles. The Bertz CT molecular complexity index is 582. The van der Waals surface area contributed by atoms with Gasteiger partial charge in [-0.25, -0.2) is 22.0 Å². The van der Waals surface area contributed by atoms with Gasteiger partial charge in [0.05, 0.1) is 7.11 Å². The molecule has 0 aliphatic heterocycles. The lowest BCUT2D eigenvalue weighted by Crippen LogP contribution is -2.16. The van der Waals surface area contributed by atoms with Crippen LogP contribution in [0.15, 0.2) is 17.0 Å². The standard InChI is InChI=1S/C10H10F2O5S/c1-17-10(14)9(13)5-3-7(12)8(4-6(5)11)18(2,15)16/h3-4,9,13H,1-2H3. The number of benzene rings is 1. The van der Waals surface area contributed by atoms with Crippen LogP contribution in [0.4, 0.5) is 8.78 Å². The van der Waals surface area contributed by atoms with Gasteiger partial charge in [0.15, 0.2) is 15.9 Å². The number of ether oxygens (including phenoxy) is 1. The van der Waals surface area contributed by atoms with Crippen LogP contribution >= 0.6 is 0 Å². The molecule has 1 aromatic carbocycles. The van der Waals surface area contributed by atoms with E-state index in [1.165, 1.54) is 0 Å². The molecule has 0 saturated carbocycles. The van der Waals surface area contributed by atoms with Gasteiger partial charge in [0.1, 0.15) is 16.5 Å². The lowest BCUT2D eigenvalue weighted by molar-refractivity contribution is -0.150. The molecule has 100 valence electrons. The van der Waals surface area contributed by atoms with E-state index in [4.69, 9.17) is 0 Å². The van der Waals surface area contributed by atoms with Crippen molar-refractivity contribution in [3.05, 3.63) is 29.3 Å². The topological polar surface area (TPSA) is 80.7 Å². The van der Waals surface area contributed by atoms with Crippen LogP contribution in [0.1, 0.15) is 11.7 Å². The summed E-state index contributed by atoms with van der Waals surface area (Å²) < 4.78 is 53.3. The van der Waals surface area contributed by atoms with Crippen molar-refractivity contribution in [2.45, 2.75) is 11.0 Å². The number of sulfone groups is 1. The first-order valence-corrected chi connectivity index (χ1v) is 6.52. The predicted octanol–water partition coefficient (Wildman–Crippen LogP) is 0.575. The Labute approximate surface area is 102 Å². The predicted molar refractivity (Wildman–Crippen MR) is 56.4 cm³/mol. The van der Waals surface area contributed by atoms with Gasteiger partial charge >= 0.3 is 5.97 Å². The van der Waals surface area contributed by atoms with Crippen molar-refractivity contribution >= 4 is 15.8 Å². The molecule has 18 heavy (non-hydrogen) atoms. The molecule has 1 aromatic rings. The second kappa shape index (κ2) is 4.99. The summed E-state index contributed by atoms with van der Waals surface area (Å²) in [5, 5.41) is 9.36. The quantitative estimate of drug-likeness (QED) is 0.819. The van der Waals surface area contributed by atoms with Crippen LogP contribution in [-0.2, 0) is 19.4 Å². The van der Waals surface area contributed by atoms with E-state index in [0.29, 0.717) is 18.4 Å². The molecule has 0 aliphatic rings. The Hall–Kier alpha value is -1.54. The zero-order valence-electron chi connectivity index (χ0n) is 9.48. The van der Waals surface area contributed by atoms with Crippen molar-refractivity contribution in [2.24, 2.45) is 0 Å². The van der Waals surface area contributed by atoms with Crippen LogP contribution in [0.3, 0.4) is 0 Å². The molecule has 0 amide bonds. The Morgan fingerprint density at radius 3 is 2.33 bits per heavy atom. The number of rotatable bonds is 3. The average Bonchev–Trinajstić information content (AvgIpc) is 2.28. The minimum Gasteiger partial charge on any atom is -0.467 e. The second-order valence-electron chi connectivity index (χ2n) is 3.50. The fourth-order valence-electron chi connectivity index (χ4n) is 1.28. The first-order valence-electron chi connectivity index (χ1n) is 4.63. The van der Waals surface area contributed by atoms with Crippen LogP contribution < -0.4 is 0 Å². The third kappa shape index (κ3) is 2.82. The number of hydrogen-bond acceptors (Lipinski definition) is 5. The smallest absolute Gasteiger partial charge is 0.339 e. The highest BCUT2D eigenvalue weighted by Gasteiger charge is 2.25. The normalized spacial score (nSPS) is 13.2. The molecule has 0 bridgehead atoms. The van der Waals surface area contributed by atoms with Crippen molar-refractivity contribution in [2.75, 3.05) is 13.4 Å². The lowest BCUT2D eigenvalue weighted by Gasteiger charge is -2.11. The van der Waals surface area contributed by atoms with E-state index >= 15 is 0 Å². The van der Waals surface area contributed by atoms with Gasteiger partial charge in [-0.2, -0.15) is 0 Å². The molecule has 5 nitrogen and oxygen atoms in total. The van der Waals surface area contributed by atoms with E-state index in [2.05, 4.69) is 4.74 Å². The number of esters is 1. The summed E-state index contributed by atoms with van der Waals surface area (Å²) >= 11 is 0. The molecule has 0 aliphatic carbocycles. The maximum Gasteiger partial charge on any atom is 0.339 e. The highest BCUT2D eigenvalue weighted by Crippen LogP contribution is 2.24. The summed E-state index contributed by atoms with van der Waals surface area (Å²) in [5.41, 5.74) is -0.688. The van der Waals surface area contributed by atoms with E-state index in [1.807, 2.05) is 0 Å². The number of aliphatic hydroxyl groups is 1. The number of hydrogen-bond donors (Lipinski definition) is 1. The second-order valence-corrected chi connectivity index (χ2v) is 5.49. The molecule has 0 fully saturated rings. The maximum atomic E-state index is 13.5. The molecule has 1 rings (SSSR count). The van der Waals surface area contributed by atoms with Crippen LogP contribution in [0, 0.1) is 11.6 Å². The van der Waals surface area contributed by atoms with E-state index in [9.17, 15) is 27.1 Å². The van der Waals surface area contributed by atoms with Gasteiger partial charge in [-0.3, -0.25) is 0 Å². The SMILES string of the molecule is COC(=O)C(O)c1cc(F)c(S(C)(=O)=O)cc1F. The largest absolute Gasteiger partial charge is 0.467 e. The van der Waals surface area contributed by atoms with Gasteiger partial charge in [0, 0.05) is 11.8 Å². The van der Waals surface area contributed by atoms with E-state index < -0.39 is 44.0 Å². The fraction of sp³-hybridized carbons (Fsp3) is 0.300. The molecule has 0 saturated heterocycles. The fourth-order valence-corrected chi connectivity index (χ4v) is 2.01. The van der Waals surface area contributed by atoms with Crippen LogP contribution in [0.25, 0.3) is 0 Å². The molecule has 8 heteroatoms. The molecular weight excluding hydrogens is 270 g/mol. The van der Waals surface area contributed by atoms with Crippen LogP contribution in [0.2, 0.25) is 0 Å². The molecule has 1 unspecified atom stereocenters. The Kier molecular flexibility index (Phi) is 4.02. The Morgan fingerprint density at radius 2 is 1.89 bits per heavy atom. The Morgan fingerprint density at radius 1 is 1.33 bits per heavy atom. The average molecular weight is 280 g/mol. The number of aliphatic hydroxyl groups excluding tert-OH is 1. The summed E-state index contributed by atoms with van der Waals surface area (Å²) in [6.45, 7) is 0. The van der Waals surface area contributed by atoms with E-state index in [1.54, 1.807) is 0 Å². The summed E-state index contributed by atoms with van der Waals surface area (Å²) in [4.78, 5) is 10.1. The molecule has 0 spiro atoms. The van der Waals surface area contributed by atoms with Crippen molar-refractivity contribution in [1.82, 2.24) is 0 Å². The van der Waals surface area contributed by atoms with Crippen molar-refractivity contribution < 1.29 is 31.8 Å². The number of halogens is 2. The monoisotopic (exact) mass is 280 g/mol. The summed E-state index contributed by atoms with van der Waals surface area (Å²) in [7, 11) is -2.97. The minimum atomic E-state index is -3.94. The van der Waals surface area contributed by atoms with Crippen molar-refractivity contribution in [3.8, 4) is 0 Å². The minimum absolute atomic E-state index is 0.409. The zero-order chi connectivity index (χ0) is 14.1. The first kappa shape index (κ1) is 14.5. The summed E-state index contributed by atoms with van der Waals surface area (Å²) in [6, 6.07) is 0.861. The molecule has 1 N–H and O–H groups in total. The van der Waals surface area contributed by atoms with Gasteiger partial charge in [-0.1, -0.05) is 0 Å². The lowest BCUT2D eigenvalue weighted by atomic mass is 10.1. The van der Waals surface area contributed by atoms with Gasteiger partial charge in [0.2, 0.25) is 0 Å². The number of carbonyl (C=O) groups excluding carboxylic acids is 1. The van der Waals surface area contributed by atoms with Gasteiger partial charge in [-0.15, -0.1) is 0 Å². The third-order valence-corrected chi connectivity index (χ3v) is 3.28. The molecule has 1 atom stereocenters. The molecule has 0 heterocycles. The molecular formula is C10H10F2O5S. The number of carbonyl (C=O) groups is 1. The summed E-state index contributed by atoms with van der Waals surface area (Å²) in [6.07, 6.45) is -1.31. The Balaban J connectivity index is 3.36. The highest BCUT2D eigenvalue weighted by molar-refractivity contribution is 7.90. The maximum absolute atomic E-state index is 13.5. The van der Waals surface area contributed by atoms with Gasteiger partial charge in [0.25, 0.3) is 0 Å². The third-order valence-electron chi connectivity index (χ3n) is 2.17. The zero-order valence-corrected chi connectivity index (χ0v) is 10.3. The van der Waals surface area contributed by atoms with Crippen LogP contribution in [0.5, 0.6) is 0 Å². The highest BCUT2D eigenvalue weighted by atomic mass is 32.2. The van der Waals surface area contributed by atoms with Crippen molar-refractivity contribution in [3.63, 3.8) is 0 Å². The van der Waals surface area contributed by atoms with E-state index in [-0.39, 0.29) is 0 Å². The van der Waals surface area contributed by atoms with E-state index in [0.717, 1.165) is 7.11 Å². The van der Waals surface area contributed by atoms with Crippen LogP contribution in [-0.4, -0.2) is 32.9 Å². The van der Waals surface area contributed by atoms with Gasteiger partial charge in [-0.05, 0) is 12.1 Å². The van der Waals surface area contributed by atoms with Crippen molar-refractivity contribution in [1.29, 1.82) is 0 Å². The number of methoxy groups -OCH3 is 1.